The SMILES string of the molecule is COC(=O)C(CC#Cc1ccc2c(c1)[C@]1(C(=O)N2C(=O)N[C@H](C(=O)OC)C(C)C)[C@H](c2ccccc2OCCO)N2[C@H](c3ccccc3)[C@H](c3ccccc3)OC(=O)[C@H]2[C@@H]1C(=O)O)C(=O)OC. The number of rotatable bonds is 13. The van der Waals surface area contributed by atoms with Crippen molar-refractivity contribution in [2.45, 2.75) is 56.0 Å². The smallest absolute Gasteiger partial charge is 0.329 e. The Hall–Kier alpha value is -7.55. The summed E-state index contributed by atoms with van der Waals surface area (Å²) in [4.78, 5) is 101. The highest BCUT2D eigenvalue weighted by atomic mass is 16.6. The number of carbonyl (C=O) groups is 7. The molecule has 0 aromatic heterocycles. The van der Waals surface area contributed by atoms with Crippen molar-refractivity contribution in [3.8, 4) is 17.6 Å². The molecule has 0 aliphatic carbocycles. The third-order valence-corrected chi connectivity index (χ3v) is 12.4. The summed E-state index contributed by atoms with van der Waals surface area (Å²) in [6.45, 7) is 2.70. The van der Waals surface area contributed by atoms with Crippen molar-refractivity contribution in [3.63, 3.8) is 0 Å². The topological polar surface area (TPSA) is 225 Å². The van der Waals surface area contributed by atoms with E-state index in [1.165, 1.54) is 18.2 Å². The number of methoxy groups -OCH3 is 3. The van der Waals surface area contributed by atoms with Gasteiger partial charge in [-0.15, -0.1) is 0 Å². The average molecular weight is 916 g/mol. The van der Waals surface area contributed by atoms with Crippen LogP contribution in [0.25, 0.3) is 0 Å². The fourth-order valence-electron chi connectivity index (χ4n) is 9.55. The molecule has 2 fully saturated rings. The van der Waals surface area contributed by atoms with Crippen LogP contribution in [0.5, 0.6) is 5.75 Å². The maximum absolute atomic E-state index is 16.2. The first-order valence-electron chi connectivity index (χ1n) is 21.4. The molecule has 2 saturated heterocycles. The monoisotopic (exact) mass is 915 g/mol. The summed E-state index contributed by atoms with van der Waals surface area (Å²) < 4.78 is 27.0. The number of benzene rings is 4. The number of morpholine rings is 1. The standard InChI is InChI=1S/C50H49N3O14/c1-28(2)38(46(59)65-5)51-49(62)52-35-24-23-29(15-14-21-33(44(57)63-3)45(58)64-4)27-34(35)50(48(52)61)37(43(55)56)40-47(60)67-41(31-18-10-7-11-19-31)39(30-16-8-6-9-17-30)53(40)42(50)32-20-12-13-22-36(32)66-26-25-54/h6-13,16-20,22-24,27-28,33,37-42,54H,21,25-26H2,1-5H3,(H,51,62)(H,55,56)/t37-,38+,39-,40-,41+,42+,50-/m1/s1. The molecule has 17 heteroatoms. The predicted molar refractivity (Wildman–Crippen MR) is 237 cm³/mol. The highest BCUT2D eigenvalue weighted by molar-refractivity contribution is 6.25. The lowest BCUT2D eigenvalue weighted by atomic mass is 9.65. The quantitative estimate of drug-likeness (QED) is 0.0731. The number of anilines is 1. The fourth-order valence-corrected chi connectivity index (χ4v) is 9.55. The van der Waals surface area contributed by atoms with E-state index in [2.05, 4.69) is 17.2 Å². The zero-order valence-corrected chi connectivity index (χ0v) is 37.2. The Balaban J connectivity index is 1.56. The molecule has 3 amide bonds. The Morgan fingerprint density at radius 2 is 1.42 bits per heavy atom. The molecular weight excluding hydrogens is 867 g/mol. The number of nitrogens with zero attached hydrogens (tertiary/aromatic N) is 2. The van der Waals surface area contributed by atoms with Crippen LogP contribution in [0, 0.1) is 29.6 Å². The Morgan fingerprint density at radius 3 is 2.01 bits per heavy atom. The molecule has 348 valence electrons. The van der Waals surface area contributed by atoms with Gasteiger partial charge in [0.25, 0.3) is 0 Å². The molecule has 0 bridgehead atoms. The zero-order chi connectivity index (χ0) is 48.2. The lowest BCUT2D eigenvalue weighted by Crippen LogP contribution is -2.56. The molecule has 4 aromatic rings. The minimum absolute atomic E-state index is 0.0317. The molecule has 0 saturated carbocycles. The van der Waals surface area contributed by atoms with E-state index in [9.17, 15) is 39.0 Å². The number of para-hydroxylation sites is 1. The highest BCUT2D eigenvalue weighted by Gasteiger charge is 2.76. The zero-order valence-electron chi connectivity index (χ0n) is 37.2. The van der Waals surface area contributed by atoms with E-state index in [0.29, 0.717) is 11.1 Å². The van der Waals surface area contributed by atoms with Gasteiger partial charge in [-0.2, -0.15) is 0 Å². The van der Waals surface area contributed by atoms with Gasteiger partial charge in [-0.1, -0.05) is 105 Å². The molecule has 3 aliphatic rings. The summed E-state index contributed by atoms with van der Waals surface area (Å²) >= 11 is 0. The van der Waals surface area contributed by atoms with Crippen LogP contribution < -0.4 is 15.0 Å². The number of hydrogen-bond donors (Lipinski definition) is 3. The Kier molecular flexibility index (Phi) is 14.1. The maximum atomic E-state index is 16.2. The van der Waals surface area contributed by atoms with Gasteiger partial charge in [0.1, 0.15) is 41.9 Å². The summed E-state index contributed by atoms with van der Waals surface area (Å²) in [6, 6.07) is 22.2. The third-order valence-electron chi connectivity index (χ3n) is 12.4. The second-order valence-corrected chi connectivity index (χ2v) is 16.4. The van der Waals surface area contributed by atoms with Gasteiger partial charge in [-0.05, 0) is 46.9 Å². The van der Waals surface area contributed by atoms with E-state index in [0.717, 1.165) is 26.2 Å². The average Bonchev–Trinajstić information content (AvgIpc) is 3.80. The van der Waals surface area contributed by atoms with Crippen LogP contribution in [0.1, 0.15) is 66.3 Å². The number of ether oxygens (including phenoxy) is 5. The molecular formula is C50H49N3O14. The number of amides is 3. The molecule has 7 atom stereocenters. The second-order valence-electron chi connectivity index (χ2n) is 16.4. The summed E-state index contributed by atoms with van der Waals surface area (Å²) in [5.74, 6) is -4.27. The minimum atomic E-state index is -2.41. The number of aliphatic carboxylic acids is 1. The van der Waals surface area contributed by atoms with E-state index in [-0.39, 0.29) is 41.2 Å². The van der Waals surface area contributed by atoms with Crippen molar-refractivity contribution in [1.29, 1.82) is 0 Å². The first-order valence-corrected chi connectivity index (χ1v) is 21.4. The van der Waals surface area contributed by atoms with Crippen LogP contribution in [0.15, 0.2) is 103 Å². The van der Waals surface area contributed by atoms with E-state index in [4.69, 9.17) is 23.7 Å². The molecule has 3 aliphatic heterocycles. The Morgan fingerprint density at radius 1 is 0.806 bits per heavy atom. The number of aliphatic hydroxyl groups is 1. The number of fused-ring (bicyclic) bond motifs is 3. The lowest BCUT2D eigenvalue weighted by Gasteiger charge is -2.46. The number of carboxylic acid groups (broad SMARTS) is 1. The molecule has 4 aromatic carbocycles. The summed E-state index contributed by atoms with van der Waals surface area (Å²) in [6.07, 6.45) is -1.42. The van der Waals surface area contributed by atoms with Gasteiger partial charge in [0.2, 0.25) is 5.91 Å². The van der Waals surface area contributed by atoms with Crippen molar-refractivity contribution in [2.24, 2.45) is 17.8 Å². The van der Waals surface area contributed by atoms with Crippen LogP contribution >= 0.6 is 0 Å². The van der Waals surface area contributed by atoms with Crippen molar-refractivity contribution < 1.29 is 67.5 Å². The van der Waals surface area contributed by atoms with E-state index < -0.39 is 102 Å². The lowest BCUT2D eigenvalue weighted by molar-refractivity contribution is -0.179. The number of imide groups is 1. The number of nitrogens with one attached hydrogen (secondary N) is 1. The molecule has 1 spiro atoms. The van der Waals surface area contributed by atoms with Gasteiger partial charge in [-0.25, -0.2) is 14.5 Å². The van der Waals surface area contributed by atoms with Crippen molar-refractivity contribution in [1.82, 2.24) is 10.2 Å². The molecule has 3 heterocycles. The fraction of sp³-hybridized carbons (Fsp3) is 0.340. The van der Waals surface area contributed by atoms with E-state index in [1.54, 1.807) is 104 Å². The van der Waals surface area contributed by atoms with Crippen LogP contribution in [-0.4, -0.2) is 104 Å². The van der Waals surface area contributed by atoms with Gasteiger partial charge < -0.3 is 39.2 Å². The van der Waals surface area contributed by atoms with E-state index >= 15 is 4.79 Å². The molecule has 3 N–H and O–H groups in total. The van der Waals surface area contributed by atoms with Crippen molar-refractivity contribution >= 4 is 47.5 Å². The maximum Gasteiger partial charge on any atom is 0.329 e. The second kappa shape index (κ2) is 19.9. The van der Waals surface area contributed by atoms with Crippen LogP contribution in [0.4, 0.5) is 10.5 Å². The Labute approximate surface area is 385 Å². The number of carboxylic acids is 1. The molecule has 67 heavy (non-hydrogen) atoms. The van der Waals surface area contributed by atoms with Crippen LogP contribution in [0.3, 0.4) is 0 Å². The molecule has 17 nitrogen and oxygen atoms in total. The number of urea groups is 1. The number of hydrogen-bond acceptors (Lipinski definition) is 14. The highest BCUT2D eigenvalue weighted by Crippen LogP contribution is 2.66. The number of esters is 4. The Bertz CT molecular complexity index is 2610. The summed E-state index contributed by atoms with van der Waals surface area (Å²) in [5.41, 5.74) is -0.964. The first-order chi connectivity index (χ1) is 32.3. The minimum Gasteiger partial charge on any atom is -0.491 e. The van der Waals surface area contributed by atoms with Crippen LogP contribution in [0.2, 0.25) is 0 Å². The largest absolute Gasteiger partial charge is 0.491 e. The van der Waals surface area contributed by atoms with Gasteiger partial charge in [0, 0.05) is 17.5 Å². The molecule has 0 unspecified atom stereocenters. The predicted octanol–water partition coefficient (Wildman–Crippen LogP) is 4.42. The number of aliphatic hydroxyl groups excluding tert-OH is 1. The van der Waals surface area contributed by atoms with Crippen LogP contribution in [-0.2, 0) is 53.1 Å². The first kappa shape index (κ1) is 47.4. The van der Waals surface area contributed by atoms with Crippen molar-refractivity contribution in [3.05, 3.63) is 131 Å². The molecule has 0 radical (unpaired) electrons. The normalized spacial score (nSPS) is 22.2. The third kappa shape index (κ3) is 8.45. The van der Waals surface area contributed by atoms with Gasteiger partial charge in [0.05, 0.1) is 45.7 Å². The van der Waals surface area contributed by atoms with Gasteiger partial charge in [-0.3, -0.25) is 28.9 Å². The summed E-state index contributed by atoms with van der Waals surface area (Å²) in [7, 11) is 3.36. The van der Waals surface area contributed by atoms with Gasteiger partial charge >= 0.3 is 35.9 Å². The molecule has 7 rings (SSSR count). The number of cyclic esters (lactones) is 1. The van der Waals surface area contributed by atoms with Crippen molar-refractivity contribution in [2.75, 3.05) is 39.4 Å². The van der Waals surface area contributed by atoms with E-state index in [1.807, 2.05) is 0 Å². The summed E-state index contributed by atoms with van der Waals surface area (Å²) in [5, 5.41) is 24.3. The number of carbonyl (C=O) groups excluding carboxylic acids is 6. The van der Waals surface area contributed by atoms with Gasteiger partial charge in [0.15, 0.2) is 5.92 Å².